The summed E-state index contributed by atoms with van der Waals surface area (Å²) in [6, 6.07) is 14.1. The Balaban J connectivity index is 1.55. The average molecular weight is 451 g/mol. The average Bonchev–Trinajstić information content (AvgIpc) is 2.73. The first-order valence-corrected chi connectivity index (χ1v) is 12.0. The van der Waals surface area contributed by atoms with Crippen LogP contribution in [0, 0.1) is 5.92 Å². The number of hydrogen-bond acceptors (Lipinski definition) is 5. The van der Waals surface area contributed by atoms with E-state index in [0.717, 1.165) is 31.2 Å². The van der Waals surface area contributed by atoms with E-state index in [9.17, 15) is 9.59 Å². The summed E-state index contributed by atoms with van der Waals surface area (Å²) in [7, 11) is 0. The Kier molecular flexibility index (Phi) is 6.78. The lowest BCUT2D eigenvalue weighted by Crippen LogP contribution is -2.47. The molecule has 0 aromatic heterocycles. The fraction of sp³-hybridized carbons (Fsp3) is 0.500. The molecule has 1 fully saturated rings. The molecule has 0 saturated heterocycles. The summed E-state index contributed by atoms with van der Waals surface area (Å²) in [4.78, 5) is 24.2. The van der Waals surface area contributed by atoms with Crippen LogP contribution >= 0.6 is 0 Å². The molecule has 0 amide bonds. The van der Waals surface area contributed by atoms with Crippen LogP contribution in [0.5, 0.6) is 17.2 Å². The fourth-order valence-electron chi connectivity index (χ4n) is 5.37. The van der Waals surface area contributed by atoms with Gasteiger partial charge in [-0.1, -0.05) is 30.3 Å². The van der Waals surface area contributed by atoms with Crippen LogP contribution in [-0.4, -0.2) is 23.5 Å². The van der Waals surface area contributed by atoms with E-state index in [1.807, 2.05) is 12.1 Å². The summed E-state index contributed by atoms with van der Waals surface area (Å²) < 4.78 is 18.3. The summed E-state index contributed by atoms with van der Waals surface area (Å²) in [6.07, 6.45) is 4.74. The number of ketones is 1. The van der Waals surface area contributed by atoms with Crippen molar-refractivity contribution in [2.75, 3.05) is 0 Å². The van der Waals surface area contributed by atoms with Crippen LogP contribution in [0.1, 0.15) is 76.8 Å². The van der Waals surface area contributed by atoms with Gasteiger partial charge >= 0.3 is 5.97 Å². The molecule has 0 radical (unpaired) electrons. The molecule has 3 unspecified atom stereocenters. The molecular formula is C28H34O5. The standard InChI is InChI=1S/C28H34O5/c1-18(9-8-12-20-10-6-5-7-11-20)31-22-16-25(32-19(2)29)27-23-15-21(30)13-14-24(23)28(3,4)33-26(27)17-22/h5-7,10-11,16-18,23-24H,8-9,12-15H2,1-4H3. The molecule has 5 nitrogen and oxygen atoms in total. The number of benzene rings is 2. The number of hydrogen-bond donors (Lipinski definition) is 0. The van der Waals surface area contributed by atoms with E-state index in [2.05, 4.69) is 45.0 Å². The van der Waals surface area contributed by atoms with Crippen molar-refractivity contribution in [2.24, 2.45) is 5.92 Å². The van der Waals surface area contributed by atoms with Crippen LogP contribution in [0.25, 0.3) is 0 Å². The van der Waals surface area contributed by atoms with Crippen molar-refractivity contribution in [2.45, 2.75) is 83.8 Å². The molecule has 5 heteroatoms. The van der Waals surface area contributed by atoms with E-state index in [-0.39, 0.29) is 23.7 Å². The Morgan fingerprint density at radius 1 is 1.21 bits per heavy atom. The maximum atomic E-state index is 12.3. The topological polar surface area (TPSA) is 61.8 Å². The van der Waals surface area contributed by atoms with Crippen LogP contribution in [-0.2, 0) is 16.0 Å². The summed E-state index contributed by atoms with van der Waals surface area (Å²) >= 11 is 0. The van der Waals surface area contributed by atoms with Crippen LogP contribution in [0.3, 0.4) is 0 Å². The zero-order valence-corrected chi connectivity index (χ0v) is 20.1. The first-order chi connectivity index (χ1) is 15.7. The highest BCUT2D eigenvalue weighted by molar-refractivity contribution is 5.81. The number of carbonyl (C=O) groups is 2. The third-order valence-corrected chi connectivity index (χ3v) is 6.89. The highest BCUT2D eigenvalue weighted by Crippen LogP contribution is 2.54. The smallest absolute Gasteiger partial charge is 0.308 e. The predicted octanol–water partition coefficient (Wildman–Crippen LogP) is 6.03. The molecule has 0 N–H and O–H groups in total. The number of aryl methyl sites for hydroxylation is 1. The molecule has 176 valence electrons. The van der Waals surface area contributed by atoms with Crippen molar-refractivity contribution in [3.8, 4) is 17.2 Å². The van der Waals surface area contributed by atoms with Crippen molar-refractivity contribution in [3.63, 3.8) is 0 Å². The third-order valence-electron chi connectivity index (χ3n) is 6.89. The van der Waals surface area contributed by atoms with E-state index in [1.165, 1.54) is 12.5 Å². The van der Waals surface area contributed by atoms with Gasteiger partial charge in [-0.05, 0) is 52.0 Å². The highest BCUT2D eigenvalue weighted by atomic mass is 16.5. The minimum absolute atomic E-state index is 0.00227. The number of fused-ring (bicyclic) bond motifs is 3. The molecule has 0 bridgehead atoms. The number of ether oxygens (including phenoxy) is 3. The second-order valence-electron chi connectivity index (χ2n) is 9.93. The highest BCUT2D eigenvalue weighted by Gasteiger charge is 2.48. The summed E-state index contributed by atoms with van der Waals surface area (Å²) in [5.41, 5.74) is 1.74. The zero-order valence-electron chi connectivity index (χ0n) is 20.1. The van der Waals surface area contributed by atoms with Crippen molar-refractivity contribution in [1.29, 1.82) is 0 Å². The van der Waals surface area contributed by atoms with Gasteiger partial charge in [-0.3, -0.25) is 9.59 Å². The summed E-state index contributed by atoms with van der Waals surface area (Å²) in [5, 5.41) is 0. The van der Waals surface area contributed by atoms with Crippen molar-refractivity contribution in [3.05, 3.63) is 53.6 Å². The van der Waals surface area contributed by atoms with Gasteiger partial charge in [0, 0.05) is 49.3 Å². The van der Waals surface area contributed by atoms with Gasteiger partial charge < -0.3 is 14.2 Å². The second kappa shape index (κ2) is 9.58. The Hall–Kier alpha value is -2.82. The summed E-state index contributed by atoms with van der Waals surface area (Å²) in [6.45, 7) is 7.60. The molecule has 1 aliphatic heterocycles. The third kappa shape index (κ3) is 5.40. The Labute approximate surface area is 196 Å². The normalized spacial score (nSPS) is 21.9. The number of rotatable bonds is 7. The lowest BCUT2D eigenvalue weighted by atomic mass is 9.66. The first kappa shape index (κ1) is 23.3. The Bertz CT molecular complexity index is 1010. The maximum Gasteiger partial charge on any atom is 0.308 e. The summed E-state index contributed by atoms with van der Waals surface area (Å²) in [5.74, 6) is 1.76. The van der Waals surface area contributed by atoms with Crippen LogP contribution in [0.4, 0.5) is 0 Å². The fourth-order valence-corrected chi connectivity index (χ4v) is 5.37. The van der Waals surface area contributed by atoms with E-state index < -0.39 is 11.6 Å². The molecule has 2 aromatic carbocycles. The molecule has 2 aliphatic rings. The van der Waals surface area contributed by atoms with Crippen molar-refractivity contribution in [1.82, 2.24) is 0 Å². The van der Waals surface area contributed by atoms with Crippen LogP contribution in [0.2, 0.25) is 0 Å². The predicted molar refractivity (Wildman–Crippen MR) is 127 cm³/mol. The lowest BCUT2D eigenvalue weighted by molar-refractivity contribution is -0.132. The number of carbonyl (C=O) groups excluding carboxylic acids is 2. The minimum atomic E-state index is -0.411. The van der Waals surface area contributed by atoms with Gasteiger partial charge in [0.1, 0.15) is 28.6 Å². The molecule has 0 spiro atoms. The van der Waals surface area contributed by atoms with Crippen LogP contribution < -0.4 is 14.2 Å². The van der Waals surface area contributed by atoms with E-state index in [4.69, 9.17) is 14.2 Å². The largest absolute Gasteiger partial charge is 0.490 e. The maximum absolute atomic E-state index is 12.3. The minimum Gasteiger partial charge on any atom is -0.490 e. The first-order valence-electron chi connectivity index (χ1n) is 12.0. The molecule has 33 heavy (non-hydrogen) atoms. The molecule has 4 rings (SSSR count). The monoisotopic (exact) mass is 450 g/mol. The molecular weight excluding hydrogens is 416 g/mol. The quantitative estimate of drug-likeness (QED) is 0.381. The van der Waals surface area contributed by atoms with Gasteiger partial charge in [0.2, 0.25) is 0 Å². The van der Waals surface area contributed by atoms with Gasteiger partial charge in [0.15, 0.2) is 0 Å². The molecule has 1 aliphatic carbocycles. The van der Waals surface area contributed by atoms with Crippen LogP contribution in [0.15, 0.2) is 42.5 Å². The second-order valence-corrected chi connectivity index (χ2v) is 9.93. The Morgan fingerprint density at radius 3 is 2.70 bits per heavy atom. The zero-order chi connectivity index (χ0) is 23.6. The SMILES string of the molecule is CC(=O)Oc1cc(OC(C)CCCc2ccccc2)cc2c1C1CC(=O)CCC1C(C)(C)O2. The molecule has 1 heterocycles. The van der Waals surface area contributed by atoms with Gasteiger partial charge in [0.25, 0.3) is 0 Å². The van der Waals surface area contributed by atoms with Gasteiger partial charge in [-0.15, -0.1) is 0 Å². The van der Waals surface area contributed by atoms with Crippen molar-refractivity contribution < 1.29 is 23.8 Å². The number of Topliss-reactive ketones (excluding diaryl/α,β-unsaturated/α-hetero) is 1. The molecule has 3 atom stereocenters. The Morgan fingerprint density at radius 2 is 1.97 bits per heavy atom. The lowest BCUT2D eigenvalue weighted by Gasteiger charge is -2.47. The van der Waals surface area contributed by atoms with E-state index >= 15 is 0 Å². The van der Waals surface area contributed by atoms with Gasteiger partial charge in [-0.2, -0.15) is 0 Å². The molecule has 2 aromatic rings. The number of esters is 1. The van der Waals surface area contributed by atoms with E-state index in [0.29, 0.717) is 30.1 Å². The van der Waals surface area contributed by atoms with Gasteiger partial charge in [-0.25, -0.2) is 0 Å². The molecule has 1 saturated carbocycles. The van der Waals surface area contributed by atoms with Crippen molar-refractivity contribution >= 4 is 11.8 Å². The van der Waals surface area contributed by atoms with E-state index in [1.54, 1.807) is 6.07 Å². The van der Waals surface area contributed by atoms with Gasteiger partial charge in [0.05, 0.1) is 6.10 Å².